The average molecular weight is 600 g/mol. The molecule has 10 heteroatoms. The molecule has 0 fully saturated rings. The normalized spacial score (nSPS) is 15.3. The van der Waals surface area contributed by atoms with Crippen LogP contribution in [-0.4, -0.2) is 34.8 Å². The van der Waals surface area contributed by atoms with Crippen LogP contribution in [0.1, 0.15) is 56.3 Å². The van der Waals surface area contributed by atoms with Gasteiger partial charge in [-0.3, -0.25) is 9.36 Å². The molecule has 1 atom stereocenters. The van der Waals surface area contributed by atoms with Crippen LogP contribution in [0.5, 0.6) is 5.75 Å². The van der Waals surface area contributed by atoms with Crippen molar-refractivity contribution in [1.29, 1.82) is 0 Å². The highest BCUT2D eigenvalue weighted by Crippen LogP contribution is 2.31. The topological polar surface area (TPSA) is 107 Å². The number of carbonyl (C=O) groups excluding carboxylic acids is 1. The Bertz CT molecular complexity index is 1600. The van der Waals surface area contributed by atoms with Gasteiger partial charge in [-0.1, -0.05) is 55.5 Å². The number of rotatable bonds is 8. The van der Waals surface area contributed by atoms with Crippen molar-refractivity contribution in [3.8, 4) is 5.75 Å². The summed E-state index contributed by atoms with van der Waals surface area (Å²) in [5.74, 6) is -0.853. The maximum Gasteiger partial charge on any atom is 0.341 e. The van der Waals surface area contributed by atoms with Crippen LogP contribution in [0.4, 0.5) is 0 Å². The van der Waals surface area contributed by atoms with Gasteiger partial charge in [0.1, 0.15) is 5.75 Å². The molecule has 1 aliphatic rings. The van der Waals surface area contributed by atoms with E-state index in [4.69, 9.17) is 14.6 Å². The van der Waals surface area contributed by atoms with Crippen molar-refractivity contribution in [2.45, 2.75) is 39.7 Å². The van der Waals surface area contributed by atoms with E-state index in [9.17, 15) is 14.4 Å². The van der Waals surface area contributed by atoms with E-state index in [1.807, 2.05) is 24.3 Å². The lowest BCUT2D eigenvalue weighted by Gasteiger charge is -2.25. The maximum atomic E-state index is 13.7. The van der Waals surface area contributed by atoms with Crippen molar-refractivity contribution in [2.24, 2.45) is 4.99 Å². The van der Waals surface area contributed by atoms with Crippen LogP contribution in [-0.2, 0) is 14.3 Å². The summed E-state index contributed by atoms with van der Waals surface area (Å²) in [4.78, 5) is 42.7. The molecule has 2 aromatic carbocycles. The summed E-state index contributed by atoms with van der Waals surface area (Å²) >= 11 is 4.63. The van der Waals surface area contributed by atoms with Crippen molar-refractivity contribution in [3.63, 3.8) is 0 Å². The van der Waals surface area contributed by atoms with Gasteiger partial charge in [0, 0.05) is 0 Å². The Morgan fingerprint density at radius 1 is 1.21 bits per heavy atom. The van der Waals surface area contributed by atoms with Crippen LogP contribution < -0.4 is 19.6 Å². The van der Waals surface area contributed by atoms with Gasteiger partial charge in [0.15, 0.2) is 11.4 Å². The lowest BCUT2D eigenvalue weighted by Crippen LogP contribution is -2.39. The number of esters is 1. The summed E-state index contributed by atoms with van der Waals surface area (Å²) in [7, 11) is 0. The Hall–Kier alpha value is -3.50. The highest BCUT2D eigenvalue weighted by atomic mass is 79.9. The number of fused-ring (bicyclic) bond motifs is 1. The summed E-state index contributed by atoms with van der Waals surface area (Å²) in [6.45, 7) is 7.46. The van der Waals surface area contributed by atoms with Gasteiger partial charge < -0.3 is 14.6 Å². The quantitative estimate of drug-likeness (QED) is 0.390. The summed E-state index contributed by atoms with van der Waals surface area (Å²) in [5.41, 5.74) is 3.23. The van der Waals surface area contributed by atoms with Gasteiger partial charge in [0.25, 0.3) is 5.56 Å². The minimum atomic E-state index is -1.08. The predicted molar refractivity (Wildman–Crippen MR) is 148 cm³/mol. The average Bonchev–Trinajstić information content (AvgIpc) is 3.16. The molecule has 0 aliphatic carbocycles. The van der Waals surface area contributed by atoms with Crippen LogP contribution in [0.15, 0.2) is 68.0 Å². The van der Waals surface area contributed by atoms with Gasteiger partial charge in [-0.05, 0) is 70.6 Å². The summed E-state index contributed by atoms with van der Waals surface area (Å²) in [5, 5.41) is 8.85. The summed E-state index contributed by atoms with van der Waals surface area (Å²) < 4.78 is 13.2. The van der Waals surface area contributed by atoms with Crippen molar-refractivity contribution in [2.75, 3.05) is 13.2 Å². The Balaban J connectivity index is 1.83. The molecule has 0 saturated heterocycles. The van der Waals surface area contributed by atoms with Crippen LogP contribution >= 0.6 is 27.3 Å². The van der Waals surface area contributed by atoms with Crippen LogP contribution in [0.25, 0.3) is 6.08 Å². The number of benzene rings is 2. The number of ether oxygens (including phenoxy) is 2. The fourth-order valence-corrected chi connectivity index (χ4v) is 5.74. The SMILES string of the molecule is CCOC(=O)C1=C(C)N=c2sc(=Cc3ccc(OCC(=O)O)c(Br)c3)c(=O)n2C1c1ccc(C(C)C)cc1. The second-order valence-electron chi connectivity index (χ2n) is 9.00. The molecule has 1 unspecified atom stereocenters. The highest BCUT2D eigenvalue weighted by molar-refractivity contribution is 9.10. The molecule has 8 nitrogen and oxygen atoms in total. The van der Waals surface area contributed by atoms with Gasteiger partial charge in [0.05, 0.1) is 32.9 Å². The standard InChI is InChI=1S/C28H27BrN2O6S/c1-5-36-27(35)24-16(4)30-28-31(25(24)19-9-7-18(8-10-19)15(2)3)26(34)22(38-28)13-17-6-11-21(20(29)12-17)37-14-23(32)33/h6-13,15,25H,5,14H2,1-4H3,(H,32,33). The van der Waals surface area contributed by atoms with Crippen LogP contribution in [0.2, 0.25) is 0 Å². The fraction of sp³-hybridized carbons (Fsp3) is 0.286. The third-order valence-electron chi connectivity index (χ3n) is 6.04. The Morgan fingerprint density at radius 3 is 2.53 bits per heavy atom. The molecule has 3 aromatic rings. The number of hydrogen-bond acceptors (Lipinski definition) is 7. The third-order valence-corrected chi connectivity index (χ3v) is 7.64. The molecule has 38 heavy (non-hydrogen) atoms. The fourth-order valence-electron chi connectivity index (χ4n) is 4.18. The molecule has 198 valence electrons. The minimum absolute atomic E-state index is 0.208. The zero-order valence-electron chi connectivity index (χ0n) is 21.4. The number of carboxylic acid groups (broad SMARTS) is 1. The molecular weight excluding hydrogens is 572 g/mol. The second-order valence-corrected chi connectivity index (χ2v) is 10.9. The monoisotopic (exact) mass is 598 g/mol. The number of halogens is 1. The highest BCUT2D eigenvalue weighted by Gasteiger charge is 2.33. The number of aromatic nitrogens is 1. The largest absolute Gasteiger partial charge is 0.481 e. The third kappa shape index (κ3) is 5.66. The zero-order chi connectivity index (χ0) is 27.6. The summed E-state index contributed by atoms with van der Waals surface area (Å²) in [6, 6.07) is 12.4. The lowest BCUT2D eigenvalue weighted by atomic mass is 9.93. The van der Waals surface area contributed by atoms with E-state index in [0.29, 0.717) is 42.3 Å². The van der Waals surface area contributed by atoms with E-state index in [1.54, 1.807) is 42.7 Å². The van der Waals surface area contributed by atoms with E-state index < -0.39 is 24.6 Å². The first-order chi connectivity index (χ1) is 18.1. The number of carbonyl (C=O) groups is 2. The first-order valence-electron chi connectivity index (χ1n) is 12.0. The summed E-state index contributed by atoms with van der Waals surface area (Å²) in [6.07, 6.45) is 1.73. The van der Waals surface area contributed by atoms with Crippen molar-refractivity contribution >= 4 is 45.3 Å². The molecule has 0 spiro atoms. The molecule has 2 heterocycles. The number of hydrogen-bond donors (Lipinski definition) is 1. The zero-order valence-corrected chi connectivity index (χ0v) is 23.8. The number of aliphatic carboxylic acids is 1. The molecular formula is C28H27BrN2O6S. The molecule has 1 aliphatic heterocycles. The van der Waals surface area contributed by atoms with Gasteiger partial charge in [-0.25, -0.2) is 14.6 Å². The number of allylic oxidation sites excluding steroid dienone is 1. The molecule has 0 amide bonds. The van der Waals surface area contributed by atoms with E-state index in [2.05, 4.69) is 34.8 Å². The van der Waals surface area contributed by atoms with Crippen molar-refractivity contribution in [1.82, 2.24) is 4.57 Å². The molecule has 1 N–H and O–H groups in total. The molecule has 0 saturated carbocycles. The van der Waals surface area contributed by atoms with Gasteiger partial charge in [0.2, 0.25) is 0 Å². The molecule has 0 bridgehead atoms. The molecule has 0 radical (unpaired) electrons. The van der Waals surface area contributed by atoms with Gasteiger partial charge in [-0.15, -0.1) is 0 Å². The van der Waals surface area contributed by atoms with Crippen molar-refractivity contribution < 1.29 is 24.2 Å². The van der Waals surface area contributed by atoms with Crippen LogP contribution in [0.3, 0.4) is 0 Å². The second kappa shape index (κ2) is 11.5. The van der Waals surface area contributed by atoms with Crippen LogP contribution in [0, 0.1) is 0 Å². The lowest BCUT2D eigenvalue weighted by molar-refractivity contribution is -0.140. The van der Waals surface area contributed by atoms with Gasteiger partial charge in [-0.2, -0.15) is 0 Å². The maximum absolute atomic E-state index is 13.7. The molecule has 1 aromatic heterocycles. The van der Waals surface area contributed by atoms with E-state index in [0.717, 1.165) is 11.1 Å². The smallest absolute Gasteiger partial charge is 0.341 e. The number of thiazole rings is 1. The Kier molecular flexibility index (Phi) is 8.32. The first kappa shape index (κ1) is 27.5. The molecule has 4 rings (SSSR count). The van der Waals surface area contributed by atoms with E-state index in [-0.39, 0.29) is 12.2 Å². The Morgan fingerprint density at radius 2 is 1.92 bits per heavy atom. The Labute approximate surface area is 231 Å². The number of nitrogens with zero attached hydrogens (tertiary/aromatic N) is 2. The van der Waals surface area contributed by atoms with Crippen molar-refractivity contribution in [3.05, 3.63) is 94.6 Å². The van der Waals surface area contributed by atoms with E-state index >= 15 is 0 Å². The number of carboxylic acids is 1. The first-order valence-corrected chi connectivity index (χ1v) is 13.6. The van der Waals surface area contributed by atoms with Gasteiger partial charge >= 0.3 is 11.9 Å². The predicted octanol–water partition coefficient (Wildman–Crippen LogP) is 4.15. The van der Waals surface area contributed by atoms with E-state index in [1.165, 1.54) is 11.3 Å². The minimum Gasteiger partial charge on any atom is -0.481 e.